The Morgan fingerprint density at radius 1 is 1.16 bits per heavy atom. The molecule has 0 spiro atoms. The van der Waals surface area contributed by atoms with E-state index in [0.717, 1.165) is 23.0 Å². The van der Waals surface area contributed by atoms with E-state index in [1.165, 1.54) is 38.5 Å². The Kier molecular flexibility index (Phi) is 3.49. The molecule has 0 aromatic heterocycles. The Balaban J connectivity index is 1.74. The predicted molar refractivity (Wildman–Crippen MR) is 77.7 cm³/mol. The van der Waals surface area contributed by atoms with Crippen LogP contribution in [0.15, 0.2) is 0 Å². The second kappa shape index (κ2) is 4.76. The molecule has 4 bridgehead atoms. The van der Waals surface area contributed by atoms with Gasteiger partial charge in [-0.25, -0.2) is 0 Å². The molecule has 4 fully saturated rings. The number of carbonyl (C=O) groups is 1. The van der Waals surface area contributed by atoms with E-state index in [4.69, 9.17) is 5.21 Å². The molecule has 0 aliphatic heterocycles. The van der Waals surface area contributed by atoms with E-state index < -0.39 is 13.3 Å². The Morgan fingerprint density at radius 3 is 2.05 bits per heavy atom. The zero-order valence-electron chi connectivity index (χ0n) is 12.2. The van der Waals surface area contributed by atoms with Crippen LogP contribution in [0.2, 0.25) is 21.0 Å². The average Bonchev–Trinajstić information content (AvgIpc) is 2.34. The van der Waals surface area contributed by atoms with E-state index in [1.807, 2.05) is 0 Å². The minimum absolute atomic E-state index is 0.191. The Hall–Kier alpha value is -0.0271. The summed E-state index contributed by atoms with van der Waals surface area (Å²) in [4.78, 5) is 11.4. The fourth-order valence-corrected chi connectivity index (χ4v) is 13.9. The first kappa shape index (κ1) is 13.9. The standard InChI is InChI=1S/C15H27GeNO2/c1-16(2,4-3-14(18)17-19)15-8-11-5-12(9-15)7-13(6-11)10-15/h11-13,19H,3-10H2,1-2H3,(H,17,18). The molecule has 3 nitrogen and oxygen atoms in total. The number of carbonyl (C=O) groups excluding carboxylic acids is 1. The van der Waals surface area contributed by atoms with Crippen LogP contribution < -0.4 is 5.48 Å². The summed E-state index contributed by atoms with van der Waals surface area (Å²) in [6.07, 6.45) is 9.41. The molecule has 0 unspecified atom stereocenters. The molecule has 108 valence electrons. The molecule has 0 radical (unpaired) electrons. The van der Waals surface area contributed by atoms with Crippen LogP contribution in [0.1, 0.15) is 44.9 Å². The molecule has 1 amide bonds. The molecule has 4 rings (SSSR count). The van der Waals surface area contributed by atoms with Crippen molar-refractivity contribution in [2.75, 3.05) is 0 Å². The summed E-state index contributed by atoms with van der Waals surface area (Å²) in [5.74, 6) is 7.90. The summed E-state index contributed by atoms with van der Waals surface area (Å²) in [5, 5.41) is 9.77. The minimum atomic E-state index is -1.97. The van der Waals surface area contributed by atoms with Crippen molar-refractivity contribution in [1.29, 1.82) is 0 Å². The van der Waals surface area contributed by atoms with Gasteiger partial charge in [-0.2, -0.15) is 0 Å². The van der Waals surface area contributed by atoms with Gasteiger partial charge in [-0.15, -0.1) is 0 Å². The quantitative estimate of drug-likeness (QED) is 0.471. The van der Waals surface area contributed by atoms with Crippen LogP contribution in [0.4, 0.5) is 0 Å². The first-order valence-corrected chi connectivity index (χ1v) is 14.6. The summed E-state index contributed by atoms with van der Waals surface area (Å²) >= 11 is -1.97. The molecular formula is C15H27GeNO2. The van der Waals surface area contributed by atoms with Gasteiger partial charge >= 0.3 is 118 Å². The Morgan fingerprint density at radius 2 is 1.63 bits per heavy atom. The number of hydrogen-bond donors (Lipinski definition) is 2. The zero-order valence-corrected chi connectivity index (χ0v) is 14.3. The van der Waals surface area contributed by atoms with E-state index in [9.17, 15) is 4.79 Å². The van der Waals surface area contributed by atoms with Gasteiger partial charge in [0.05, 0.1) is 0 Å². The summed E-state index contributed by atoms with van der Waals surface area (Å²) in [5.41, 5.74) is 1.80. The summed E-state index contributed by atoms with van der Waals surface area (Å²) in [6.45, 7) is 0. The van der Waals surface area contributed by atoms with Gasteiger partial charge in [0, 0.05) is 0 Å². The molecule has 2 N–H and O–H groups in total. The monoisotopic (exact) mass is 327 g/mol. The SMILES string of the molecule is [CH3][Ge]([CH3])([CH2]CC(=O)NO)[C]12CC3CC(CC(C3)C1)C2. The third-order valence-electron chi connectivity index (χ3n) is 6.58. The van der Waals surface area contributed by atoms with Crippen LogP contribution in [-0.4, -0.2) is 24.4 Å². The van der Waals surface area contributed by atoms with Crippen LogP contribution >= 0.6 is 0 Å². The maximum absolute atomic E-state index is 11.4. The van der Waals surface area contributed by atoms with Gasteiger partial charge in [0.2, 0.25) is 0 Å². The van der Waals surface area contributed by atoms with E-state index in [-0.39, 0.29) is 5.91 Å². The first-order valence-electron chi connectivity index (χ1n) is 7.87. The zero-order chi connectivity index (χ0) is 13.7. The summed E-state index contributed by atoms with van der Waals surface area (Å²) in [7, 11) is 0. The molecule has 19 heavy (non-hydrogen) atoms. The number of rotatable bonds is 4. The van der Waals surface area contributed by atoms with Gasteiger partial charge in [-0.05, 0) is 0 Å². The Labute approximate surface area is 118 Å². The molecule has 4 aliphatic rings. The normalized spacial score (nSPS) is 40.5. The van der Waals surface area contributed by atoms with E-state index in [0.29, 0.717) is 10.7 Å². The van der Waals surface area contributed by atoms with Gasteiger partial charge < -0.3 is 0 Å². The molecule has 0 heterocycles. The molecule has 4 aliphatic carbocycles. The van der Waals surface area contributed by atoms with Crippen molar-refractivity contribution in [2.24, 2.45) is 17.8 Å². The van der Waals surface area contributed by atoms with E-state index >= 15 is 0 Å². The predicted octanol–water partition coefficient (Wildman–Crippen LogP) is 3.56. The fourth-order valence-electron chi connectivity index (χ4n) is 5.69. The molecule has 4 saturated carbocycles. The van der Waals surface area contributed by atoms with Gasteiger partial charge in [0.15, 0.2) is 0 Å². The summed E-state index contributed by atoms with van der Waals surface area (Å²) < 4.78 is 0.657. The van der Waals surface area contributed by atoms with Crippen LogP contribution in [0, 0.1) is 17.8 Å². The average molecular weight is 326 g/mol. The number of nitrogens with one attached hydrogen (secondary N) is 1. The van der Waals surface area contributed by atoms with Gasteiger partial charge in [-0.1, -0.05) is 0 Å². The fraction of sp³-hybridized carbons (Fsp3) is 0.933. The van der Waals surface area contributed by atoms with Gasteiger partial charge in [0.25, 0.3) is 0 Å². The molecule has 0 aromatic carbocycles. The molecule has 4 heteroatoms. The van der Waals surface area contributed by atoms with Crippen LogP contribution in [-0.2, 0) is 4.79 Å². The topological polar surface area (TPSA) is 49.3 Å². The van der Waals surface area contributed by atoms with Crippen molar-refractivity contribution >= 4 is 19.2 Å². The van der Waals surface area contributed by atoms with Gasteiger partial charge in [0.1, 0.15) is 0 Å². The van der Waals surface area contributed by atoms with Crippen molar-refractivity contribution in [3.8, 4) is 0 Å². The number of hydroxylamine groups is 1. The first-order chi connectivity index (χ1) is 8.94. The van der Waals surface area contributed by atoms with Crippen LogP contribution in [0.3, 0.4) is 0 Å². The molecular weight excluding hydrogens is 299 g/mol. The maximum atomic E-state index is 11.4. The van der Waals surface area contributed by atoms with Crippen molar-refractivity contribution in [3.63, 3.8) is 0 Å². The molecule has 0 atom stereocenters. The summed E-state index contributed by atoms with van der Waals surface area (Å²) in [6, 6.07) is 0. The van der Waals surface area contributed by atoms with E-state index in [2.05, 4.69) is 11.5 Å². The number of hydrogen-bond acceptors (Lipinski definition) is 2. The van der Waals surface area contributed by atoms with Crippen LogP contribution in [0.25, 0.3) is 0 Å². The van der Waals surface area contributed by atoms with Crippen molar-refractivity contribution in [1.82, 2.24) is 5.48 Å². The second-order valence-corrected chi connectivity index (χ2v) is 19.3. The van der Waals surface area contributed by atoms with Crippen molar-refractivity contribution in [2.45, 2.75) is 66.0 Å². The molecule has 0 saturated heterocycles. The van der Waals surface area contributed by atoms with Crippen LogP contribution in [0.5, 0.6) is 0 Å². The second-order valence-electron chi connectivity index (χ2n) is 8.12. The van der Waals surface area contributed by atoms with Crippen molar-refractivity contribution in [3.05, 3.63) is 0 Å². The van der Waals surface area contributed by atoms with Crippen molar-refractivity contribution < 1.29 is 10.0 Å². The Bertz CT molecular complexity index is 345. The van der Waals surface area contributed by atoms with E-state index in [1.54, 1.807) is 5.48 Å². The number of amides is 1. The van der Waals surface area contributed by atoms with Gasteiger partial charge in [-0.3, -0.25) is 0 Å². The third-order valence-corrected chi connectivity index (χ3v) is 17.0. The molecule has 0 aromatic rings. The third kappa shape index (κ3) is 2.37.